The van der Waals surface area contributed by atoms with Crippen molar-refractivity contribution in [2.45, 2.75) is 18.0 Å². The first-order valence-corrected chi connectivity index (χ1v) is 6.98. The van der Waals surface area contributed by atoms with Crippen molar-refractivity contribution in [2.24, 2.45) is 0 Å². The van der Waals surface area contributed by atoms with E-state index in [1.165, 1.54) is 12.1 Å². The SMILES string of the molecule is OC(c1cccc(Br)c1)(c1cccc(C(F)(F)F)c1)C(F)(F)F. The zero-order chi connectivity index (χ0) is 17.5. The molecule has 0 radical (unpaired) electrons. The summed E-state index contributed by atoms with van der Waals surface area (Å²) in [5.74, 6) is 0. The highest BCUT2D eigenvalue weighted by molar-refractivity contribution is 9.10. The molecular formula is C15H9BrF6O. The Bertz CT molecular complexity index is 710. The number of rotatable bonds is 2. The monoisotopic (exact) mass is 398 g/mol. The Morgan fingerprint density at radius 2 is 1.22 bits per heavy atom. The van der Waals surface area contributed by atoms with Gasteiger partial charge in [-0.05, 0) is 35.4 Å². The number of aliphatic hydroxyl groups is 1. The van der Waals surface area contributed by atoms with E-state index in [0.29, 0.717) is 12.1 Å². The van der Waals surface area contributed by atoms with Gasteiger partial charge in [-0.25, -0.2) is 0 Å². The fourth-order valence-electron chi connectivity index (χ4n) is 2.13. The first-order chi connectivity index (χ1) is 10.5. The average molecular weight is 399 g/mol. The van der Waals surface area contributed by atoms with Crippen LogP contribution in [0.4, 0.5) is 26.3 Å². The Labute approximate surface area is 135 Å². The van der Waals surface area contributed by atoms with Crippen molar-refractivity contribution in [3.05, 3.63) is 69.7 Å². The fraction of sp³-hybridized carbons (Fsp3) is 0.200. The Hall–Kier alpha value is -1.54. The Kier molecular flexibility index (Phi) is 4.51. The molecule has 1 N–H and O–H groups in total. The number of hydrogen-bond acceptors (Lipinski definition) is 1. The van der Waals surface area contributed by atoms with Crippen LogP contribution in [0.3, 0.4) is 0 Å². The molecule has 0 saturated heterocycles. The minimum Gasteiger partial charge on any atom is -0.372 e. The summed E-state index contributed by atoms with van der Waals surface area (Å²) < 4.78 is 79.0. The normalized spacial score (nSPS) is 15.3. The molecule has 2 rings (SSSR count). The van der Waals surface area contributed by atoms with Crippen molar-refractivity contribution < 1.29 is 31.4 Å². The minimum atomic E-state index is -5.21. The number of halogens is 7. The van der Waals surface area contributed by atoms with E-state index in [-0.39, 0.29) is 4.47 Å². The van der Waals surface area contributed by atoms with Crippen LogP contribution in [0.2, 0.25) is 0 Å². The predicted molar refractivity (Wildman–Crippen MR) is 74.6 cm³/mol. The molecule has 1 nitrogen and oxygen atoms in total. The third-order valence-electron chi connectivity index (χ3n) is 3.26. The van der Waals surface area contributed by atoms with E-state index in [1.54, 1.807) is 0 Å². The van der Waals surface area contributed by atoms with Gasteiger partial charge in [0.1, 0.15) is 0 Å². The van der Waals surface area contributed by atoms with Gasteiger partial charge in [-0.15, -0.1) is 0 Å². The fourth-order valence-corrected chi connectivity index (χ4v) is 2.53. The summed E-state index contributed by atoms with van der Waals surface area (Å²) in [5.41, 5.74) is -6.32. The lowest BCUT2D eigenvalue weighted by Crippen LogP contribution is -2.43. The lowest BCUT2D eigenvalue weighted by atomic mass is 9.85. The quantitative estimate of drug-likeness (QED) is 0.683. The molecule has 1 unspecified atom stereocenters. The summed E-state index contributed by atoms with van der Waals surface area (Å²) in [5, 5.41) is 10.3. The van der Waals surface area contributed by atoms with Gasteiger partial charge < -0.3 is 5.11 Å². The van der Waals surface area contributed by atoms with Crippen molar-refractivity contribution in [3.8, 4) is 0 Å². The van der Waals surface area contributed by atoms with Gasteiger partial charge in [0.15, 0.2) is 0 Å². The van der Waals surface area contributed by atoms with Gasteiger partial charge in [0, 0.05) is 4.47 Å². The molecule has 1 atom stereocenters. The zero-order valence-electron chi connectivity index (χ0n) is 11.2. The van der Waals surface area contributed by atoms with Gasteiger partial charge in [-0.1, -0.05) is 40.2 Å². The third kappa shape index (κ3) is 3.37. The molecule has 23 heavy (non-hydrogen) atoms. The Balaban J connectivity index is 2.70. The number of benzene rings is 2. The molecule has 2 aromatic rings. The molecule has 8 heteroatoms. The van der Waals surface area contributed by atoms with E-state index in [4.69, 9.17) is 0 Å². The molecular weight excluding hydrogens is 390 g/mol. The molecule has 124 valence electrons. The van der Waals surface area contributed by atoms with Gasteiger partial charge in [0.2, 0.25) is 5.60 Å². The van der Waals surface area contributed by atoms with Crippen LogP contribution in [0.5, 0.6) is 0 Å². The van der Waals surface area contributed by atoms with E-state index in [9.17, 15) is 31.4 Å². The van der Waals surface area contributed by atoms with Crippen LogP contribution < -0.4 is 0 Å². The summed E-state index contributed by atoms with van der Waals surface area (Å²) in [6, 6.07) is 7.27. The standard InChI is InChI=1S/C15H9BrF6O/c16-12-6-2-4-10(8-12)13(23,15(20,21)22)9-3-1-5-11(7-9)14(17,18)19/h1-8,23H. The minimum absolute atomic E-state index is 0.254. The summed E-state index contributed by atoms with van der Waals surface area (Å²) in [4.78, 5) is 0. The Morgan fingerprint density at radius 3 is 1.70 bits per heavy atom. The molecule has 0 heterocycles. The molecule has 2 aromatic carbocycles. The highest BCUT2D eigenvalue weighted by atomic mass is 79.9. The topological polar surface area (TPSA) is 20.2 Å². The maximum Gasteiger partial charge on any atom is 0.425 e. The van der Waals surface area contributed by atoms with Crippen LogP contribution in [0.25, 0.3) is 0 Å². The molecule has 0 aliphatic carbocycles. The second kappa shape index (κ2) is 5.83. The highest BCUT2D eigenvalue weighted by Crippen LogP contribution is 2.45. The first kappa shape index (κ1) is 17.8. The number of alkyl halides is 6. The molecule has 0 aliphatic heterocycles. The van der Waals surface area contributed by atoms with Gasteiger partial charge in [-0.3, -0.25) is 0 Å². The summed E-state index contributed by atoms with van der Waals surface area (Å²) in [6.45, 7) is 0. The van der Waals surface area contributed by atoms with Crippen molar-refractivity contribution >= 4 is 15.9 Å². The molecule has 0 amide bonds. The van der Waals surface area contributed by atoms with Crippen LogP contribution >= 0.6 is 15.9 Å². The average Bonchev–Trinajstić information content (AvgIpc) is 2.44. The van der Waals surface area contributed by atoms with Crippen LogP contribution in [0, 0.1) is 0 Å². The molecule has 0 aromatic heterocycles. The summed E-state index contributed by atoms with van der Waals surface area (Å²) in [7, 11) is 0. The smallest absolute Gasteiger partial charge is 0.372 e. The predicted octanol–water partition coefficient (Wildman–Crippen LogP) is 5.27. The van der Waals surface area contributed by atoms with Crippen LogP contribution in [-0.2, 0) is 11.8 Å². The van der Waals surface area contributed by atoms with E-state index in [2.05, 4.69) is 15.9 Å². The van der Waals surface area contributed by atoms with Gasteiger partial charge in [-0.2, -0.15) is 26.3 Å². The molecule has 0 bridgehead atoms. The third-order valence-corrected chi connectivity index (χ3v) is 3.75. The second-order valence-corrected chi connectivity index (χ2v) is 5.71. The maximum atomic E-state index is 13.5. The zero-order valence-corrected chi connectivity index (χ0v) is 12.8. The molecule has 0 spiro atoms. The highest BCUT2D eigenvalue weighted by Gasteiger charge is 2.56. The molecule has 0 aliphatic rings. The number of hydrogen-bond donors (Lipinski definition) is 1. The second-order valence-electron chi connectivity index (χ2n) is 4.80. The lowest BCUT2D eigenvalue weighted by Gasteiger charge is -2.32. The summed E-state index contributed by atoms with van der Waals surface area (Å²) >= 11 is 2.98. The van der Waals surface area contributed by atoms with Crippen LogP contribution in [0.15, 0.2) is 53.0 Å². The summed E-state index contributed by atoms with van der Waals surface area (Å²) in [6.07, 6.45) is -10.0. The first-order valence-electron chi connectivity index (χ1n) is 6.19. The van der Waals surface area contributed by atoms with Crippen molar-refractivity contribution in [1.29, 1.82) is 0 Å². The van der Waals surface area contributed by atoms with Gasteiger partial charge >= 0.3 is 12.4 Å². The lowest BCUT2D eigenvalue weighted by molar-refractivity contribution is -0.248. The van der Waals surface area contributed by atoms with E-state index < -0.39 is 34.6 Å². The van der Waals surface area contributed by atoms with Crippen molar-refractivity contribution in [1.82, 2.24) is 0 Å². The molecule has 0 fully saturated rings. The van der Waals surface area contributed by atoms with Gasteiger partial charge in [0.05, 0.1) is 5.56 Å². The van der Waals surface area contributed by atoms with Crippen molar-refractivity contribution in [2.75, 3.05) is 0 Å². The van der Waals surface area contributed by atoms with E-state index in [1.807, 2.05) is 0 Å². The van der Waals surface area contributed by atoms with Crippen molar-refractivity contribution in [3.63, 3.8) is 0 Å². The van der Waals surface area contributed by atoms with E-state index >= 15 is 0 Å². The van der Waals surface area contributed by atoms with E-state index in [0.717, 1.165) is 24.3 Å². The molecule has 0 saturated carbocycles. The maximum absolute atomic E-state index is 13.5. The van der Waals surface area contributed by atoms with Gasteiger partial charge in [0.25, 0.3) is 0 Å². The van der Waals surface area contributed by atoms with Crippen LogP contribution in [-0.4, -0.2) is 11.3 Å². The van der Waals surface area contributed by atoms with Crippen LogP contribution in [0.1, 0.15) is 16.7 Å². The Morgan fingerprint density at radius 1 is 0.739 bits per heavy atom. The largest absolute Gasteiger partial charge is 0.425 e.